The van der Waals surface area contributed by atoms with Gasteiger partial charge in [-0.25, -0.2) is 0 Å². The molecule has 1 fully saturated rings. The molecule has 32 heavy (non-hydrogen) atoms. The lowest BCUT2D eigenvalue weighted by molar-refractivity contribution is 0.272. The molecule has 0 N–H and O–H groups in total. The molecular weight excluding hydrogens is 432 g/mol. The average Bonchev–Trinajstić information content (AvgIpc) is 3.32. The third-order valence-corrected chi connectivity index (χ3v) is 7.52. The van der Waals surface area contributed by atoms with E-state index in [4.69, 9.17) is 14.0 Å². The lowest BCUT2D eigenvalue weighted by Gasteiger charge is -2.21. The minimum absolute atomic E-state index is 0.318. The number of ether oxygens (including phenoxy) is 2. The fourth-order valence-electron chi connectivity index (χ4n) is 3.68. The Balaban J connectivity index is 1.24. The lowest BCUT2D eigenvalue weighted by atomic mass is 10.0. The second-order valence-electron chi connectivity index (χ2n) is 7.79. The molecule has 172 valence electrons. The van der Waals surface area contributed by atoms with E-state index in [9.17, 15) is 8.42 Å². The number of fused-ring (bicyclic) bond motifs is 1. The highest BCUT2D eigenvalue weighted by molar-refractivity contribution is 7.90. The van der Waals surface area contributed by atoms with Crippen molar-refractivity contribution in [1.82, 2.24) is 14.4 Å². The van der Waals surface area contributed by atoms with E-state index in [0.717, 1.165) is 18.2 Å². The van der Waals surface area contributed by atoms with Crippen LogP contribution < -0.4 is 13.8 Å². The smallest absolute Gasteiger partial charge is 0.304 e. The van der Waals surface area contributed by atoms with Gasteiger partial charge < -0.3 is 14.0 Å². The number of pyridine rings is 1. The number of nitrogens with zero attached hydrogens (tertiary/aromatic N) is 4. The normalized spacial score (nSPS) is 17.0. The fraction of sp³-hybridized carbons (Fsp3) is 0.455. The van der Waals surface area contributed by atoms with Crippen LogP contribution in [0.3, 0.4) is 0 Å². The van der Waals surface area contributed by atoms with Crippen molar-refractivity contribution in [3.8, 4) is 11.6 Å². The number of hydrogen-bond acceptors (Lipinski definition) is 7. The van der Waals surface area contributed by atoms with Gasteiger partial charge in [0.25, 0.3) is 5.88 Å². The van der Waals surface area contributed by atoms with Crippen molar-refractivity contribution in [1.29, 1.82) is 0 Å². The van der Waals surface area contributed by atoms with Gasteiger partial charge in [0.05, 0.1) is 24.3 Å². The molecule has 0 saturated carbocycles. The molecule has 1 aromatic carbocycles. The van der Waals surface area contributed by atoms with E-state index in [1.807, 2.05) is 19.1 Å². The van der Waals surface area contributed by atoms with Crippen LogP contribution in [0.25, 0.3) is 11.0 Å². The number of benzene rings is 1. The first-order valence-corrected chi connectivity index (χ1v) is 12.2. The van der Waals surface area contributed by atoms with Crippen LogP contribution in [0.1, 0.15) is 26.7 Å². The maximum Gasteiger partial charge on any atom is 0.304 e. The third kappa shape index (κ3) is 4.81. The summed E-state index contributed by atoms with van der Waals surface area (Å²) in [4.78, 5) is 3.96. The molecule has 1 aliphatic heterocycles. The number of hydrogen-bond donors (Lipinski definition) is 0. The predicted octanol–water partition coefficient (Wildman–Crippen LogP) is 3.48. The fourth-order valence-corrected chi connectivity index (χ4v) is 5.31. The van der Waals surface area contributed by atoms with Crippen molar-refractivity contribution in [3.05, 3.63) is 42.7 Å². The first kappa shape index (κ1) is 22.3. The van der Waals surface area contributed by atoms with Crippen LogP contribution >= 0.6 is 0 Å². The Morgan fingerprint density at radius 1 is 1.12 bits per heavy atom. The second kappa shape index (κ2) is 9.74. The monoisotopic (exact) mass is 460 g/mol. The summed E-state index contributed by atoms with van der Waals surface area (Å²) in [6, 6.07) is 8.99. The zero-order chi connectivity index (χ0) is 22.6. The Labute approximate surface area is 188 Å². The molecule has 2 aromatic heterocycles. The summed E-state index contributed by atoms with van der Waals surface area (Å²) in [5, 5.41) is 4.74. The molecule has 4 rings (SSSR count). The molecule has 0 spiro atoms. The van der Waals surface area contributed by atoms with Crippen molar-refractivity contribution < 1.29 is 22.4 Å². The zero-order valence-corrected chi connectivity index (χ0v) is 19.1. The first-order chi connectivity index (χ1) is 15.5. The van der Waals surface area contributed by atoms with Crippen molar-refractivity contribution in [3.63, 3.8) is 0 Å². The summed E-state index contributed by atoms with van der Waals surface area (Å²) < 4.78 is 45.3. The molecule has 3 aromatic rings. The van der Waals surface area contributed by atoms with Gasteiger partial charge in [0.15, 0.2) is 5.58 Å². The summed E-state index contributed by atoms with van der Waals surface area (Å²) in [5.41, 5.74) is 1.28. The SMILES string of the molecule is CCOc1noc2cc(OCCC(C)CCN3CCN(c4ccncc4)S3(=O)=O)ccc12. The van der Waals surface area contributed by atoms with Crippen LogP contribution in [0.4, 0.5) is 5.69 Å². The number of aromatic nitrogens is 2. The molecule has 1 atom stereocenters. The first-order valence-electron chi connectivity index (χ1n) is 10.8. The second-order valence-corrected chi connectivity index (χ2v) is 9.65. The predicted molar refractivity (Wildman–Crippen MR) is 121 cm³/mol. The molecule has 9 nitrogen and oxygen atoms in total. The Morgan fingerprint density at radius 3 is 2.72 bits per heavy atom. The van der Waals surface area contributed by atoms with Crippen LogP contribution in [0, 0.1) is 5.92 Å². The molecular formula is C22H28N4O5S. The Morgan fingerprint density at radius 2 is 1.94 bits per heavy atom. The summed E-state index contributed by atoms with van der Waals surface area (Å²) in [6.45, 7) is 6.52. The average molecular weight is 461 g/mol. The van der Waals surface area contributed by atoms with Gasteiger partial charge in [-0.1, -0.05) is 6.92 Å². The molecule has 0 radical (unpaired) electrons. The molecule has 3 heterocycles. The summed E-state index contributed by atoms with van der Waals surface area (Å²) in [5.74, 6) is 1.51. The van der Waals surface area contributed by atoms with Crippen molar-refractivity contribution in [2.24, 2.45) is 5.92 Å². The summed E-state index contributed by atoms with van der Waals surface area (Å²) in [6.07, 6.45) is 4.80. The molecule has 1 saturated heterocycles. The van der Waals surface area contributed by atoms with Gasteiger partial charge in [-0.3, -0.25) is 9.29 Å². The van der Waals surface area contributed by atoms with Crippen molar-refractivity contribution >= 4 is 26.9 Å². The Bertz CT molecular complexity index is 1140. The lowest BCUT2D eigenvalue weighted by Crippen LogP contribution is -2.34. The van der Waals surface area contributed by atoms with Crippen molar-refractivity contribution in [2.45, 2.75) is 26.7 Å². The minimum Gasteiger partial charge on any atom is -0.493 e. The van der Waals surface area contributed by atoms with Crippen LogP contribution in [0.2, 0.25) is 0 Å². The van der Waals surface area contributed by atoms with Crippen LogP contribution in [-0.2, 0) is 10.2 Å². The molecule has 1 aliphatic rings. The van der Waals surface area contributed by atoms with Crippen molar-refractivity contribution in [2.75, 3.05) is 37.2 Å². The van der Waals surface area contributed by atoms with Gasteiger partial charge in [-0.05, 0) is 55.1 Å². The Hall–Kier alpha value is -2.85. The van der Waals surface area contributed by atoms with E-state index in [2.05, 4.69) is 17.1 Å². The van der Waals surface area contributed by atoms with E-state index in [1.165, 1.54) is 4.31 Å². The van der Waals surface area contributed by atoms with Gasteiger partial charge in [0.2, 0.25) is 0 Å². The topological polar surface area (TPSA) is 98.0 Å². The molecule has 0 bridgehead atoms. The molecule has 1 unspecified atom stereocenters. The maximum absolute atomic E-state index is 12.8. The standard InChI is InChI=1S/C22H28N4O5S/c1-3-29-22-20-5-4-19(16-21(20)31-24-22)30-15-9-17(2)8-12-25-13-14-26(32(25,27)28)18-6-10-23-11-7-18/h4-7,10-11,16-17H,3,8-9,12-15H2,1-2H3. The van der Waals surface area contributed by atoms with Gasteiger partial charge >= 0.3 is 10.2 Å². The minimum atomic E-state index is -3.48. The number of anilines is 1. The van der Waals surface area contributed by atoms with E-state index < -0.39 is 10.2 Å². The maximum atomic E-state index is 12.8. The largest absolute Gasteiger partial charge is 0.493 e. The molecule has 0 amide bonds. The van der Waals surface area contributed by atoms with E-state index in [1.54, 1.807) is 34.9 Å². The highest BCUT2D eigenvalue weighted by Gasteiger charge is 2.36. The van der Waals surface area contributed by atoms with E-state index in [-0.39, 0.29) is 0 Å². The third-order valence-electron chi connectivity index (χ3n) is 5.55. The van der Waals surface area contributed by atoms with Crippen LogP contribution in [-0.4, -0.2) is 55.7 Å². The van der Waals surface area contributed by atoms with Gasteiger partial charge in [-0.15, -0.1) is 0 Å². The van der Waals surface area contributed by atoms with Crippen LogP contribution in [0.5, 0.6) is 11.6 Å². The quantitative estimate of drug-likeness (QED) is 0.457. The summed E-state index contributed by atoms with van der Waals surface area (Å²) >= 11 is 0. The number of rotatable bonds is 10. The van der Waals surface area contributed by atoms with Gasteiger partial charge in [0.1, 0.15) is 5.75 Å². The molecule has 0 aliphatic carbocycles. The summed E-state index contributed by atoms with van der Waals surface area (Å²) in [7, 11) is -3.48. The highest BCUT2D eigenvalue weighted by Crippen LogP contribution is 2.29. The van der Waals surface area contributed by atoms with Gasteiger partial charge in [-0.2, -0.15) is 12.7 Å². The van der Waals surface area contributed by atoms with E-state index >= 15 is 0 Å². The molecule has 10 heteroatoms. The van der Waals surface area contributed by atoms with Crippen LogP contribution in [0.15, 0.2) is 47.2 Å². The van der Waals surface area contributed by atoms with Gasteiger partial charge in [0, 0.05) is 38.1 Å². The zero-order valence-electron chi connectivity index (χ0n) is 18.3. The Kier molecular flexibility index (Phi) is 6.80. The van der Waals surface area contributed by atoms with E-state index in [0.29, 0.717) is 61.7 Å². The highest BCUT2D eigenvalue weighted by atomic mass is 32.2.